The van der Waals surface area contributed by atoms with E-state index in [-0.39, 0.29) is 18.5 Å². The second-order valence-corrected chi connectivity index (χ2v) is 8.61. The molecule has 0 radical (unpaired) electrons. The van der Waals surface area contributed by atoms with Gasteiger partial charge in [0.15, 0.2) is 0 Å². The SMILES string of the molecule is Cc1ccc2cccnc2c1N1CCCN(C(CC(=O)O)c2ccn(C(C)C)n2)CC1. The molecule has 7 heteroatoms. The van der Waals surface area contributed by atoms with Crippen LogP contribution in [-0.4, -0.2) is 56.9 Å². The van der Waals surface area contributed by atoms with Gasteiger partial charge in [-0.05, 0) is 44.9 Å². The number of benzene rings is 1. The minimum atomic E-state index is -0.792. The van der Waals surface area contributed by atoms with E-state index in [1.807, 2.05) is 29.2 Å². The highest BCUT2D eigenvalue weighted by Crippen LogP contribution is 2.31. The quantitative estimate of drug-likeness (QED) is 0.647. The predicted octanol–water partition coefficient (Wildman–Crippen LogP) is 4.05. The van der Waals surface area contributed by atoms with Crippen LogP contribution in [0.5, 0.6) is 0 Å². The van der Waals surface area contributed by atoms with Crippen LogP contribution in [0.15, 0.2) is 42.7 Å². The maximum atomic E-state index is 11.6. The van der Waals surface area contributed by atoms with Crippen molar-refractivity contribution in [1.82, 2.24) is 19.7 Å². The minimum absolute atomic E-state index is 0.0595. The van der Waals surface area contributed by atoms with Crippen molar-refractivity contribution in [3.8, 4) is 0 Å². The van der Waals surface area contributed by atoms with Crippen LogP contribution >= 0.6 is 0 Å². The predicted molar refractivity (Wildman–Crippen MR) is 122 cm³/mol. The number of hydrogen-bond donors (Lipinski definition) is 1. The van der Waals surface area contributed by atoms with E-state index in [2.05, 4.69) is 58.9 Å². The zero-order valence-electron chi connectivity index (χ0n) is 18.5. The van der Waals surface area contributed by atoms with Gasteiger partial charge in [-0.2, -0.15) is 5.10 Å². The zero-order valence-corrected chi connectivity index (χ0v) is 18.5. The molecule has 7 nitrogen and oxygen atoms in total. The summed E-state index contributed by atoms with van der Waals surface area (Å²) >= 11 is 0. The van der Waals surface area contributed by atoms with Crippen molar-refractivity contribution < 1.29 is 9.90 Å². The maximum Gasteiger partial charge on any atom is 0.305 e. The van der Waals surface area contributed by atoms with E-state index < -0.39 is 5.97 Å². The summed E-state index contributed by atoms with van der Waals surface area (Å²) in [6.45, 7) is 9.68. The van der Waals surface area contributed by atoms with Crippen LogP contribution < -0.4 is 4.90 Å². The van der Waals surface area contributed by atoms with E-state index in [4.69, 9.17) is 0 Å². The number of carboxylic acid groups (broad SMARTS) is 1. The molecule has 164 valence electrons. The highest BCUT2D eigenvalue weighted by molar-refractivity contribution is 5.92. The first-order valence-electron chi connectivity index (χ1n) is 11.0. The van der Waals surface area contributed by atoms with Crippen LogP contribution in [0.1, 0.15) is 50.0 Å². The van der Waals surface area contributed by atoms with Crippen molar-refractivity contribution in [2.75, 3.05) is 31.1 Å². The van der Waals surface area contributed by atoms with Gasteiger partial charge in [-0.3, -0.25) is 19.4 Å². The van der Waals surface area contributed by atoms with Crippen molar-refractivity contribution in [3.63, 3.8) is 0 Å². The van der Waals surface area contributed by atoms with E-state index in [0.29, 0.717) is 0 Å². The lowest BCUT2D eigenvalue weighted by Gasteiger charge is -2.29. The second-order valence-electron chi connectivity index (χ2n) is 8.61. The summed E-state index contributed by atoms with van der Waals surface area (Å²) in [5.74, 6) is -0.792. The van der Waals surface area contributed by atoms with Crippen LogP contribution in [-0.2, 0) is 4.79 Å². The van der Waals surface area contributed by atoms with Gasteiger partial charge in [-0.15, -0.1) is 0 Å². The lowest BCUT2D eigenvalue weighted by Crippen LogP contribution is -2.35. The van der Waals surface area contributed by atoms with Crippen molar-refractivity contribution >= 4 is 22.6 Å². The van der Waals surface area contributed by atoms with E-state index in [9.17, 15) is 9.90 Å². The van der Waals surface area contributed by atoms with Crippen molar-refractivity contribution in [2.45, 2.75) is 45.7 Å². The molecule has 31 heavy (non-hydrogen) atoms. The topological polar surface area (TPSA) is 74.5 Å². The summed E-state index contributed by atoms with van der Waals surface area (Å²) in [5.41, 5.74) is 4.29. The number of pyridine rings is 1. The van der Waals surface area contributed by atoms with Crippen LogP contribution in [0.25, 0.3) is 10.9 Å². The summed E-state index contributed by atoms with van der Waals surface area (Å²) in [5, 5.41) is 15.4. The van der Waals surface area contributed by atoms with Crippen molar-refractivity contribution in [2.24, 2.45) is 0 Å². The first-order chi connectivity index (χ1) is 14.9. The highest BCUT2D eigenvalue weighted by atomic mass is 16.4. The summed E-state index contributed by atoms with van der Waals surface area (Å²) in [6, 6.07) is 10.4. The first-order valence-corrected chi connectivity index (χ1v) is 11.0. The molecule has 1 aromatic carbocycles. The van der Waals surface area contributed by atoms with Gasteiger partial charge in [-0.25, -0.2) is 0 Å². The molecule has 0 aliphatic carbocycles. The van der Waals surface area contributed by atoms with Crippen molar-refractivity contribution in [1.29, 1.82) is 0 Å². The number of rotatable bonds is 6. The Morgan fingerprint density at radius 1 is 1.13 bits per heavy atom. The molecular weight excluding hydrogens is 390 g/mol. The molecule has 1 aliphatic rings. The molecule has 1 saturated heterocycles. The zero-order chi connectivity index (χ0) is 22.0. The van der Waals surface area contributed by atoms with Gasteiger partial charge in [0.2, 0.25) is 0 Å². The number of carboxylic acids is 1. The molecule has 1 unspecified atom stereocenters. The number of aryl methyl sites for hydroxylation is 1. The van der Waals surface area contributed by atoms with Gasteiger partial charge >= 0.3 is 5.97 Å². The Balaban J connectivity index is 1.59. The molecule has 0 spiro atoms. The Bertz CT molecular complexity index is 1060. The third kappa shape index (κ3) is 4.56. The standard InChI is InChI=1S/C24H31N5O2/c1-17(2)29-13-9-20(26-29)21(16-22(30)31)27-11-5-12-28(15-14-27)24-18(3)7-8-19-6-4-10-25-23(19)24/h4,6-10,13,17,21H,5,11-12,14-16H2,1-3H3,(H,30,31). The van der Waals surface area contributed by atoms with Crippen LogP contribution in [0.3, 0.4) is 0 Å². The van der Waals surface area contributed by atoms with Gasteiger partial charge in [-0.1, -0.05) is 18.2 Å². The summed E-state index contributed by atoms with van der Waals surface area (Å²) in [7, 11) is 0. The largest absolute Gasteiger partial charge is 0.481 e. The van der Waals surface area contributed by atoms with Gasteiger partial charge in [0.05, 0.1) is 29.4 Å². The van der Waals surface area contributed by atoms with Gasteiger partial charge in [0, 0.05) is 50.0 Å². The van der Waals surface area contributed by atoms with Gasteiger partial charge in [0.25, 0.3) is 0 Å². The third-order valence-corrected chi connectivity index (χ3v) is 6.10. The lowest BCUT2D eigenvalue weighted by atomic mass is 10.1. The molecule has 1 aliphatic heterocycles. The molecule has 0 bridgehead atoms. The average molecular weight is 422 g/mol. The molecule has 2 aromatic heterocycles. The van der Waals surface area contributed by atoms with Crippen LogP contribution in [0, 0.1) is 6.92 Å². The maximum absolute atomic E-state index is 11.6. The van der Waals surface area contributed by atoms with E-state index in [1.165, 1.54) is 11.3 Å². The summed E-state index contributed by atoms with van der Waals surface area (Å²) < 4.78 is 1.90. The number of carbonyl (C=O) groups is 1. The fourth-order valence-corrected chi connectivity index (χ4v) is 4.51. The monoisotopic (exact) mass is 421 g/mol. The number of anilines is 1. The second kappa shape index (κ2) is 9.06. The van der Waals surface area contributed by atoms with Crippen LogP contribution in [0.4, 0.5) is 5.69 Å². The Morgan fingerprint density at radius 2 is 1.97 bits per heavy atom. The first kappa shape index (κ1) is 21.3. The molecule has 0 saturated carbocycles. The summed E-state index contributed by atoms with van der Waals surface area (Å²) in [6.07, 6.45) is 4.82. The Morgan fingerprint density at radius 3 is 2.71 bits per heavy atom. The third-order valence-electron chi connectivity index (χ3n) is 6.10. The minimum Gasteiger partial charge on any atom is -0.481 e. The van der Waals surface area contributed by atoms with E-state index >= 15 is 0 Å². The van der Waals surface area contributed by atoms with Crippen LogP contribution in [0.2, 0.25) is 0 Å². The summed E-state index contributed by atoms with van der Waals surface area (Å²) in [4.78, 5) is 21.0. The molecule has 4 rings (SSSR count). The number of fused-ring (bicyclic) bond motifs is 1. The molecule has 0 amide bonds. The molecular formula is C24H31N5O2. The number of nitrogens with zero attached hydrogens (tertiary/aromatic N) is 5. The molecule has 1 fully saturated rings. The molecule has 3 aromatic rings. The molecule has 3 heterocycles. The number of aromatic nitrogens is 3. The fourth-order valence-electron chi connectivity index (χ4n) is 4.51. The normalized spacial score (nSPS) is 16.6. The smallest absolute Gasteiger partial charge is 0.305 e. The van der Waals surface area contributed by atoms with Gasteiger partial charge in [0.1, 0.15) is 0 Å². The Labute approximate surface area is 183 Å². The van der Waals surface area contributed by atoms with Crippen molar-refractivity contribution in [3.05, 3.63) is 54.0 Å². The molecule has 1 N–H and O–H groups in total. The average Bonchev–Trinajstić information content (AvgIpc) is 3.12. The lowest BCUT2D eigenvalue weighted by molar-refractivity contribution is -0.138. The highest BCUT2D eigenvalue weighted by Gasteiger charge is 2.28. The molecule has 1 atom stereocenters. The van der Waals surface area contributed by atoms with E-state index in [1.54, 1.807) is 0 Å². The Hall–Kier alpha value is -2.93. The number of aliphatic carboxylic acids is 1. The fraction of sp³-hybridized carbons (Fsp3) is 0.458. The number of hydrogen-bond acceptors (Lipinski definition) is 5. The Kier molecular flexibility index (Phi) is 6.23. The van der Waals surface area contributed by atoms with E-state index in [0.717, 1.165) is 49.2 Å². The van der Waals surface area contributed by atoms with Gasteiger partial charge < -0.3 is 10.0 Å².